The van der Waals surface area contributed by atoms with E-state index in [1.165, 1.54) is 0 Å². The maximum atomic E-state index is 11.7. The number of anilines is 1. The minimum atomic E-state index is 0.0953. The summed E-state index contributed by atoms with van der Waals surface area (Å²) in [5.74, 6) is 2.05. The number of carbonyl (C=O) groups is 1. The van der Waals surface area contributed by atoms with E-state index in [4.69, 9.17) is 0 Å². The minimum Gasteiger partial charge on any atom is -0.326 e. The molecule has 0 aromatic heterocycles. The Balaban J connectivity index is 2.18. The lowest BCUT2D eigenvalue weighted by Crippen LogP contribution is -2.16. The summed E-state index contributed by atoms with van der Waals surface area (Å²) in [7, 11) is 4.12. The van der Waals surface area contributed by atoms with Crippen molar-refractivity contribution in [3.63, 3.8) is 0 Å². The highest BCUT2D eigenvalue weighted by Crippen LogP contribution is 2.10. The third-order valence-electron chi connectivity index (χ3n) is 2.46. The highest BCUT2D eigenvalue weighted by atomic mass is 32.2. The summed E-state index contributed by atoms with van der Waals surface area (Å²) >= 11 is 1.82. The molecule has 18 heavy (non-hydrogen) atoms. The molecule has 1 amide bonds. The monoisotopic (exact) mass is 266 g/mol. The Morgan fingerprint density at radius 3 is 2.78 bits per heavy atom. The van der Waals surface area contributed by atoms with E-state index in [1.54, 1.807) is 0 Å². The number of nitrogens with one attached hydrogen (secondary N) is 1. The van der Waals surface area contributed by atoms with Gasteiger partial charge in [-0.25, -0.2) is 0 Å². The Kier molecular flexibility index (Phi) is 6.83. The van der Waals surface area contributed by atoms with Crippen LogP contribution in [-0.2, 0) is 4.79 Å². The summed E-state index contributed by atoms with van der Waals surface area (Å²) in [6.07, 6.45) is 0.575. The molecular weight excluding hydrogens is 244 g/mol. The average Bonchev–Trinajstić information content (AvgIpc) is 2.28. The molecule has 0 aliphatic rings. The van der Waals surface area contributed by atoms with Gasteiger partial charge in [-0.15, -0.1) is 0 Å². The highest BCUT2D eigenvalue weighted by molar-refractivity contribution is 7.99. The van der Waals surface area contributed by atoms with Gasteiger partial charge in [-0.3, -0.25) is 4.79 Å². The Hall–Kier alpha value is -1.00. The Bertz CT molecular complexity index is 380. The minimum absolute atomic E-state index is 0.0953. The molecule has 0 spiro atoms. The molecule has 1 aromatic rings. The van der Waals surface area contributed by atoms with Gasteiger partial charge in [0.1, 0.15) is 0 Å². The maximum Gasteiger partial charge on any atom is 0.225 e. The molecule has 0 aliphatic heterocycles. The smallest absolute Gasteiger partial charge is 0.225 e. The van der Waals surface area contributed by atoms with E-state index >= 15 is 0 Å². The van der Waals surface area contributed by atoms with Gasteiger partial charge in [-0.1, -0.05) is 12.1 Å². The van der Waals surface area contributed by atoms with Crippen molar-refractivity contribution in [2.75, 3.05) is 37.5 Å². The van der Waals surface area contributed by atoms with Crippen LogP contribution in [0.2, 0.25) is 0 Å². The van der Waals surface area contributed by atoms with Gasteiger partial charge in [0, 0.05) is 30.2 Å². The Morgan fingerprint density at radius 2 is 2.11 bits per heavy atom. The number of thioether (sulfide) groups is 1. The molecule has 0 unspecified atom stereocenters. The fourth-order valence-corrected chi connectivity index (χ4v) is 2.49. The summed E-state index contributed by atoms with van der Waals surface area (Å²) in [5, 5.41) is 2.92. The molecule has 0 aliphatic carbocycles. The second-order valence-electron chi connectivity index (χ2n) is 4.58. The van der Waals surface area contributed by atoms with Crippen LogP contribution in [0.1, 0.15) is 12.0 Å². The number of amides is 1. The van der Waals surface area contributed by atoms with Gasteiger partial charge in [0.15, 0.2) is 0 Å². The van der Waals surface area contributed by atoms with Crippen LogP contribution in [-0.4, -0.2) is 43.0 Å². The third kappa shape index (κ3) is 6.67. The van der Waals surface area contributed by atoms with Crippen LogP contribution in [0, 0.1) is 6.92 Å². The van der Waals surface area contributed by atoms with Gasteiger partial charge in [-0.2, -0.15) is 11.8 Å². The predicted molar refractivity (Wildman–Crippen MR) is 80.3 cm³/mol. The van der Waals surface area contributed by atoms with Crippen LogP contribution in [0.3, 0.4) is 0 Å². The van der Waals surface area contributed by atoms with Gasteiger partial charge >= 0.3 is 0 Å². The fraction of sp³-hybridized carbons (Fsp3) is 0.500. The molecule has 3 nitrogen and oxygen atoms in total. The fourth-order valence-electron chi connectivity index (χ4n) is 1.46. The largest absolute Gasteiger partial charge is 0.326 e. The van der Waals surface area contributed by atoms with Gasteiger partial charge in [-0.05, 0) is 38.7 Å². The van der Waals surface area contributed by atoms with Crippen molar-refractivity contribution < 1.29 is 4.79 Å². The normalized spacial score (nSPS) is 10.7. The number of nitrogens with zero attached hydrogens (tertiary/aromatic N) is 1. The van der Waals surface area contributed by atoms with Crippen LogP contribution in [0.25, 0.3) is 0 Å². The van der Waals surface area contributed by atoms with E-state index in [0.29, 0.717) is 6.42 Å². The van der Waals surface area contributed by atoms with Crippen molar-refractivity contribution in [1.82, 2.24) is 4.90 Å². The molecular formula is C14H22N2OS. The van der Waals surface area contributed by atoms with E-state index in [1.807, 2.05) is 43.0 Å². The van der Waals surface area contributed by atoms with Crippen LogP contribution < -0.4 is 5.32 Å². The molecule has 1 rings (SSSR count). The zero-order chi connectivity index (χ0) is 13.4. The van der Waals surface area contributed by atoms with Crippen molar-refractivity contribution in [2.45, 2.75) is 13.3 Å². The summed E-state index contributed by atoms with van der Waals surface area (Å²) in [4.78, 5) is 13.8. The van der Waals surface area contributed by atoms with E-state index < -0.39 is 0 Å². The molecule has 0 saturated heterocycles. The maximum absolute atomic E-state index is 11.7. The van der Waals surface area contributed by atoms with E-state index in [2.05, 4.69) is 24.3 Å². The highest BCUT2D eigenvalue weighted by Gasteiger charge is 2.02. The van der Waals surface area contributed by atoms with Gasteiger partial charge in [0.25, 0.3) is 0 Å². The van der Waals surface area contributed by atoms with Crippen LogP contribution in [0.4, 0.5) is 5.69 Å². The van der Waals surface area contributed by atoms with Crippen molar-refractivity contribution in [3.8, 4) is 0 Å². The lowest BCUT2D eigenvalue weighted by molar-refractivity contribution is -0.115. The van der Waals surface area contributed by atoms with Gasteiger partial charge in [0.2, 0.25) is 5.91 Å². The van der Waals surface area contributed by atoms with E-state index in [9.17, 15) is 4.79 Å². The van der Waals surface area contributed by atoms with E-state index in [-0.39, 0.29) is 5.91 Å². The number of hydrogen-bond acceptors (Lipinski definition) is 3. The van der Waals surface area contributed by atoms with Crippen molar-refractivity contribution in [2.24, 2.45) is 0 Å². The standard InChI is InChI=1S/C14H22N2OS/c1-12-5-4-6-13(11-12)15-14(17)7-9-18-10-8-16(2)3/h4-6,11H,7-10H2,1-3H3,(H,15,17). The zero-order valence-corrected chi connectivity index (χ0v) is 12.2. The number of rotatable bonds is 7. The second-order valence-corrected chi connectivity index (χ2v) is 5.81. The summed E-state index contributed by atoms with van der Waals surface area (Å²) in [6.45, 7) is 3.08. The molecule has 0 radical (unpaired) electrons. The van der Waals surface area contributed by atoms with Gasteiger partial charge in [0.05, 0.1) is 0 Å². The first-order valence-electron chi connectivity index (χ1n) is 6.17. The first-order valence-corrected chi connectivity index (χ1v) is 7.32. The molecule has 1 N–H and O–H groups in total. The molecule has 0 fully saturated rings. The molecule has 0 heterocycles. The number of aryl methyl sites for hydroxylation is 1. The molecule has 1 aromatic carbocycles. The van der Waals surface area contributed by atoms with Gasteiger partial charge < -0.3 is 10.2 Å². The molecule has 0 atom stereocenters. The summed E-state index contributed by atoms with van der Waals surface area (Å²) in [6, 6.07) is 7.88. The van der Waals surface area contributed by atoms with Crippen molar-refractivity contribution in [1.29, 1.82) is 0 Å². The third-order valence-corrected chi connectivity index (χ3v) is 3.42. The molecule has 4 heteroatoms. The molecule has 0 bridgehead atoms. The number of carbonyl (C=O) groups excluding carboxylic acids is 1. The summed E-state index contributed by atoms with van der Waals surface area (Å²) in [5.41, 5.74) is 2.05. The summed E-state index contributed by atoms with van der Waals surface area (Å²) < 4.78 is 0. The van der Waals surface area contributed by atoms with Crippen LogP contribution in [0.15, 0.2) is 24.3 Å². The van der Waals surface area contributed by atoms with Crippen LogP contribution >= 0.6 is 11.8 Å². The van der Waals surface area contributed by atoms with Crippen LogP contribution in [0.5, 0.6) is 0 Å². The quantitative estimate of drug-likeness (QED) is 0.770. The number of benzene rings is 1. The first kappa shape index (κ1) is 15.1. The SMILES string of the molecule is Cc1cccc(NC(=O)CCSCCN(C)C)c1. The zero-order valence-electron chi connectivity index (χ0n) is 11.4. The van der Waals surface area contributed by atoms with Crippen molar-refractivity contribution >= 4 is 23.4 Å². The van der Waals surface area contributed by atoms with Crippen molar-refractivity contribution in [3.05, 3.63) is 29.8 Å². The molecule has 0 saturated carbocycles. The lowest BCUT2D eigenvalue weighted by Gasteiger charge is -2.09. The lowest BCUT2D eigenvalue weighted by atomic mass is 10.2. The Labute approximate surface area is 114 Å². The second kappa shape index (κ2) is 8.16. The average molecular weight is 266 g/mol. The number of hydrogen-bond donors (Lipinski definition) is 1. The predicted octanol–water partition coefficient (Wildman–Crippen LogP) is 2.62. The van der Waals surface area contributed by atoms with E-state index in [0.717, 1.165) is 29.3 Å². The molecule has 100 valence electrons. The first-order chi connectivity index (χ1) is 8.58. The Morgan fingerprint density at radius 1 is 1.33 bits per heavy atom. The topological polar surface area (TPSA) is 32.3 Å².